The topological polar surface area (TPSA) is 52.7 Å². The van der Waals surface area contributed by atoms with Crippen LogP contribution in [-0.4, -0.2) is 28.8 Å². The number of hydrogen-bond donors (Lipinski definition) is 3. The molecule has 1 aromatic rings. The number of aromatic nitrogens is 2. The molecule has 0 aromatic carbocycles. The number of aryl methyl sites for hydroxylation is 1. The molecule has 0 unspecified atom stereocenters. The zero-order valence-corrected chi connectivity index (χ0v) is 10.1. The Balaban J connectivity index is 2.07. The van der Waals surface area contributed by atoms with Gasteiger partial charge in [-0.15, -0.1) is 0 Å². The molecular weight excluding hydrogens is 188 g/mol. The van der Waals surface area contributed by atoms with E-state index in [9.17, 15) is 0 Å². The van der Waals surface area contributed by atoms with E-state index in [1.54, 1.807) is 0 Å². The van der Waals surface area contributed by atoms with Gasteiger partial charge in [0.2, 0.25) is 0 Å². The van der Waals surface area contributed by atoms with E-state index < -0.39 is 0 Å². The molecule has 0 aliphatic heterocycles. The summed E-state index contributed by atoms with van der Waals surface area (Å²) in [5, 5.41) is 13.8. The molecule has 0 radical (unpaired) electrons. The van der Waals surface area contributed by atoms with E-state index in [0.717, 1.165) is 31.0 Å². The van der Waals surface area contributed by atoms with Gasteiger partial charge < -0.3 is 10.6 Å². The van der Waals surface area contributed by atoms with Crippen LogP contribution in [0.5, 0.6) is 0 Å². The van der Waals surface area contributed by atoms with Gasteiger partial charge in [-0.25, -0.2) is 0 Å². The molecule has 1 heterocycles. The second kappa shape index (κ2) is 5.28. The lowest BCUT2D eigenvalue weighted by atomic mass is 10.1. The molecule has 4 heteroatoms. The Morgan fingerprint density at radius 3 is 2.60 bits per heavy atom. The molecule has 0 bridgehead atoms. The van der Waals surface area contributed by atoms with Gasteiger partial charge in [0.1, 0.15) is 0 Å². The van der Waals surface area contributed by atoms with Gasteiger partial charge in [-0.3, -0.25) is 5.10 Å². The second-order valence-electron chi connectivity index (χ2n) is 4.90. The molecular formula is C11H22N4. The van der Waals surface area contributed by atoms with Crippen molar-refractivity contribution in [2.45, 2.75) is 39.8 Å². The van der Waals surface area contributed by atoms with Crippen LogP contribution in [0.25, 0.3) is 0 Å². The number of rotatable bonds is 5. The fraction of sp³-hybridized carbons (Fsp3) is 0.727. The maximum absolute atomic E-state index is 4.15. The van der Waals surface area contributed by atoms with E-state index in [0.29, 0.717) is 0 Å². The Morgan fingerprint density at radius 1 is 1.33 bits per heavy atom. The van der Waals surface area contributed by atoms with Crippen molar-refractivity contribution in [3.63, 3.8) is 0 Å². The number of aromatic amines is 1. The summed E-state index contributed by atoms with van der Waals surface area (Å²) >= 11 is 0. The molecule has 1 aromatic heterocycles. The summed E-state index contributed by atoms with van der Waals surface area (Å²) in [7, 11) is 0. The minimum atomic E-state index is 0.199. The van der Waals surface area contributed by atoms with Gasteiger partial charge in [-0.1, -0.05) is 0 Å². The van der Waals surface area contributed by atoms with Crippen molar-refractivity contribution in [3.05, 3.63) is 17.5 Å². The summed E-state index contributed by atoms with van der Waals surface area (Å²) in [5.74, 6) is 0. The van der Waals surface area contributed by atoms with Crippen LogP contribution in [0.1, 0.15) is 32.2 Å². The van der Waals surface area contributed by atoms with Crippen LogP contribution in [-0.2, 0) is 6.54 Å². The monoisotopic (exact) mass is 210 g/mol. The summed E-state index contributed by atoms with van der Waals surface area (Å²) in [6.45, 7) is 11.3. The summed E-state index contributed by atoms with van der Waals surface area (Å²) in [5.41, 5.74) is 2.38. The third-order valence-electron chi connectivity index (χ3n) is 2.02. The Kier molecular flexibility index (Phi) is 4.29. The summed E-state index contributed by atoms with van der Waals surface area (Å²) < 4.78 is 0. The van der Waals surface area contributed by atoms with Crippen molar-refractivity contribution in [3.8, 4) is 0 Å². The molecule has 3 N–H and O–H groups in total. The van der Waals surface area contributed by atoms with Gasteiger partial charge in [0.15, 0.2) is 0 Å². The highest BCUT2D eigenvalue weighted by molar-refractivity contribution is 5.06. The van der Waals surface area contributed by atoms with Crippen LogP contribution in [0.2, 0.25) is 0 Å². The average molecular weight is 210 g/mol. The lowest BCUT2D eigenvalue weighted by molar-refractivity contribution is 0.421. The largest absolute Gasteiger partial charge is 0.311 e. The highest BCUT2D eigenvalue weighted by Crippen LogP contribution is 1.97. The quantitative estimate of drug-likeness (QED) is 0.640. The van der Waals surface area contributed by atoms with Crippen LogP contribution in [0, 0.1) is 6.92 Å². The lowest BCUT2D eigenvalue weighted by Crippen LogP contribution is -2.40. The average Bonchev–Trinajstić information content (AvgIpc) is 2.49. The van der Waals surface area contributed by atoms with Gasteiger partial charge >= 0.3 is 0 Å². The number of hydrogen-bond acceptors (Lipinski definition) is 3. The van der Waals surface area contributed by atoms with E-state index in [1.807, 2.05) is 6.92 Å². The summed E-state index contributed by atoms with van der Waals surface area (Å²) in [6.07, 6.45) is 0. The van der Waals surface area contributed by atoms with Gasteiger partial charge in [-0.05, 0) is 33.8 Å². The lowest BCUT2D eigenvalue weighted by Gasteiger charge is -2.20. The molecule has 0 spiro atoms. The van der Waals surface area contributed by atoms with Crippen molar-refractivity contribution >= 4 is 0 Å². The third kappa shape index (κ3) is 5.54. The number of nitrogens with one attached hydrogen (secondary N) is 3. The van der Waals surface area contributed by atoms with Crippen molar-refractivity contribution in [1.82, 2.24) is 20.8 Å². The van der Waals surface area contributed by atoms with Crippen molar-refractivity contribution < 1.29 is 0 Å². The summed E-state index contributed by atoms with van der Waals surface area (Å²) in [6, 6.07) is 2.06. The number of H-pyrrole nitrogens is 1. The molecule has 0 fully saturated rings. The Bertz CT molecular complexity index is 285. The smallest absolute Gasteiger partial charge is 0.0762 e. The fourth-order valence-corrected chi connectivity index (χ4v) is 1.31. The molecule has 4 nitrogen and oxygen atoms in total. The molecule has 0 atom stereocenters. The predicted octanol–water partition coefficient (Wildman–Crippen LogP) is 1.20. The van der Waals surface area contributed by atoms with Crippen LogP contribution < -0.4 is 10.6 Å². The van der Waals surface area contributed by atoms with E-state index >= 15 is 0 Å². The molecule has 1 rings (SSSR count). The first-order chi connectivity index (χ1) is 6.97. The third-order valence-corrected chi connectivity index (χ3v) is 2.02. The SMILES string of the molecule is Cc1cc(CNCCNC(C)(C)C)n[nH]1. The first-order valence-electron chi connectivity index (χ1n) is 5.44. The Hall–Kier alpha value is -0.870. The van der Waals surface area contributed by atoms with Crippen molar-refractivity contribution in [2.75, 3.05) is 13.1 Å². The molecule has 0 aliphatic carbocycles. The van der Waals surface area contributed by atoms with Crippen molar-refractivity contribution in [1.29, 1.82) is 0 Å². The van der Waals surface area contributed by atoms with Crippen LogP contribution >= 0.6 is 0 Å². The van der Waals surface area contributed by atoms with Gasteiger partial charge in [0, 0.05) is 30.9 Å². The summed E-state index contributed by atoms with van der Waals surface area (Å²) in [4.78, 5) is 0. The zero-order chi connectivity index (χ0) is 11.3. The maximum Gasteiger partial charge on any atom is 0.0762 e. The van der Waals surface area contributed by atoms with Gasteiger partial charge in [0.05, 0.1) is 5.69 Å². The maximum atomic E-state index is 4.15. The minimum absolute atomic E-state index is 0.199. The highest BCUT2D eigenvalue weighted by Gasteiger charge is 2.06. The molecule has 0 aliphatic rings. The predicted molar refractivity (Wildman–Crippen MR) is 62.8 cm³/mol. The van der Waals surface area contributed by atoms with E-state index in [-0.39, 0.29) is 5.54 Å². The fourth-order valence-electron chi connectivity index (χ4n) is 1.31. The Morgan fingerprint density at radius 2 is 2.07 bits per heavy atom. The first-order valence-corrected chi connectivity index (χ1v) is 5.44. The van der Waals surface area contributed by atoms with E-state index in [2.05, 4.69) is 47.7 Å². The molecule has 86 valence electrons. The van der Waals surface area contributed by atoms with Gasteiger partial charge in [0.25, 0.3) is 0 Å². The van der Waals surface area contributed by atoms with E-state index in [4.69, 9.17) is 0 Å². The minimum Gasteiger partial charge on any atom is -0.311 e. The molecule has 15 heavy (non-hydrogen) atoms. The van der Waals surface area contributed by atoms with Crippen molar-refractivity contribution in [2.24, 2.45) is 0 Å². The Labute approximate surface area is 91.8 Å². The van der Waals surface area contributed by atoms with Crippen LogP contribution in [0.4, 0.5) is 0 Å². The molecule has 0 saturated heterocycles. The zero-order valence-electron chi connectivity index (χ0n) is 10.1. The standard InChI is InChI=1S/C11H22N4/c1-9-7-10(15-14-9)8-12-5-6-13-11(2,3)4/h7,12-13H,5-6,8H2,1-4H3,(H,14,15). The second-order valence-corrected chi connectivity index (χ2v) is 4.90. The van der Waals surface area contributed by atoms with Crippen LogP contribution in [0.3, 0.4) is 0 Å². The highest BCUT2D eigenvalue weighted by atomic mass is 15.1. The normalized spacial score (nSPS) is 12.0. The van der Waals surface area contributed by atoms with Crippen LogP contribution in [0.15, 0.2) is 6.07 Å². The first kappa shape index (κ1) is 12.2. The molecule has 0 amide bonds. The molecule has 0 saturated carbocycles. The number of nitrogens with zero attached hydrogens (tertiary/aromatic N) is 1. The van der Waals surface area contributed by atoms with E-state index in [1.165, 1.54) is 0 Å². The van der Waals surface area contributed by atoms with Gasteiger partial charge in [-0.2, -0.15) is 5.10 Å².